The van der Waals surface area contributed by atoms with Crippen LogP contribution in [0.1, 0.15) is 30.9 Å². The number of halogens is 1. The van der Waals surface area contributed by atoms with Crippen LogP contribution in [-0.2, 0) is 4.79 Å². The number of carbonyl (C=O) groups is 1. The molecule has 0 radical (unpaired) electrons. The highest BCUT2D eigenvalue weighted by Gasteiger charge is 2.35. The number of anilines is 1. The molecule has 0 bridgehead atoms. The summed E-state index contributed by atoms with van der Waals surface area (Å²) in [6.45, 7) is 1.49. The molecular formula is C20H20FN7O. The van der Waals surface area contributed by atoms with E-state index < -0.39 is 5.82 Å². The van der Waals surface area contributed by atoms with Crippen molar-refractivity contribution >= 4 is 23.6 Å². The van der Waals surface area contributed by atoms with E-state index in [0.29, 0.717) is 12.0 Å². The summed E-state index contributed by atoms with van der Waals surface area (Å²) in [4.78, 5) is 23.8. The first-order valence-electron chi connectivity index (χ1n) is 9.70. The summed E-state index contributed by atoms with van der Waals surface area (Å²) < 4.78 is 15.3. The van der Waals surface area contributed by atoms with Gasteiger partial charge in [0.1, 0.15) is 11.6 Å². The molecule has 9 heteroatoms. The van der Waals surface area contributed by atoms with E-state index in [1.54, 1.807) is 23.1 Å². The average Bonchev–Trinajstić information content (AvgIpc) is 3.42. The lowest BCUT2D eigenvalue weighted by Crippen LogP contribution is -2.41. The molecule has 1 amide bonds. The molecule has 5 rings (SSSR count). The van der Waals surface area contributed by atoms with E-state index in [-0.39, 0.29) is 17.9 Å². The molecule has 1 atom stereocenters. The maximum atomic E-state index is 13.6. The second kappa shape index (κ2) is 7.23. The molecule has 0 unspecified atom stereocenters. The number of nitrogens with zero attached hydrogens (tertiary/aromatic N) is 7. The summed E-state index contributed by atoms with van der Waals surface area (Å²) in [5, 5.41) is 9.95. The molecule has 2 aliphatic rings. The Morgan fingerprint density at radius 3 is 2.86 bits per heavy atom. The largest absolute Gasteiger partial charge is 0.356 e. The van der Waals surface area contributed by atoms with E-state index in [4.69, 9.17) is 0 Å². The van der Waals surface area contributed by atoms with Crippen molar-refractivity contribution in [2.45, 2.75) is 25.3 Å². The number of amides is 1. The Morgan fingerprint density at radius 1 is 1.17 bits per heavy atom. The minimum absolute atomic E-state index is 0.00753. The first kappa shape index (κ1) is 17.7. The minimum atomic E-state index is -0.405. The van der Waals surface area contributed by atoms with E-state index in [1.807, 2.05) is 18.3 Å². The highest BCUT2D eigenvalue weighted by atomic mass is 19.1. The van der Waals surface area contributed by atoms with Crippen LogP contribution < -0.4 is 4.90 Å². The fourth-order valence-electron chi connectivity index (χ4n) is 4.03. The second-order valence-corrected chi connectivity index (χ2v) is 7.35. The van der Waals surface area contributed by atoms with Crippen LogP contribution in [0.3, 0.4) is 0 Å². The maximum absolute atomic E-state index is 13.6. The van der Waals surface area contributed by atoms with Crippen molar-refractivity contribution in [3.8, 4) is 0 Å². The Kier molecular flexibility index (Phi) is 4.42. The molecule has 0 aliphatic carbocycles. The van der Waals surface area contributed by atoms with Gasteiger partial charge in [0, 0.05) is 50.1 Å². The van der Waals surface area contributed by atoms with Gasteiger partial charge in [-0.25, -0.2) is 18.9 Å². The van der Waals surface area contributed by atoms with Gasteiger partial charge in [-0.2, -0.15) is 10.2 Å². The van der Waals surface area contributed by atoms with E-state index in [0.717, 1.165) is 43.6 Å². The van der Waals surface area contributed by atoms with Crippen molar-refractivity contribution in [3.63, 3.8) is 0 Å². The van der Waals surface area contributed by atoms with Crippen molar-refractivity contribution in [1.29, 1.82) is 0 Å². The third-order valence-corrected chi connectivity index (χ3v) is 5.58. The molecular weight excluding hydrogens is 373 g/mol. The lowest BCUT2D eigenvalue weighted by atomic mass is 9.94. The van der Waals surface area contributed by atoms with Crippen LogP contribution in [0, 0.1) is 11.7 Å². The Morgan fingerprint density at radius 2 is 2.03 bits per heavy atom. The number of aromatic nitrogens is 4. The number of carbonyl (C=O) groups excluding carboxylic acids is 1. The summed E-state index contributed by atoms with van der Waals surface area (Å²) in [7, 11) is 0. The van der Waals surface area contributed by atoms with E-state index in [9.17, 15) is 9.18 Å². The van der Waals surface area contributed by atoms with Gasteiger partial charge in [-0.1, -0.05) is 0 Å². The van der Waals surface area contributed by atoms with Gasteiger partial charge in [0.15, 0.2) is 5.65 Å². The Labute approximate surface area is 166 Å². The molecule has 5 heterocycles. The Balaban J connectivity index is 1.26. The van der Waals surface area contributed by atoms with Gasteiger partial charge < -0.3 is 4.90 Å². The Bertz CT molecular complexity index is 1070. The predicted octanol–water partition coefficient (Wildman–Crippen LogP) is 2.44. The first-order chi connectivity index (χ1) is 14.2. The van der Waals surface area contributed by atoms with Gasteiger partial charge in [0.2, 0.25) is 5.91 Å². The van der Waals surface area contributed by atoms with Crippen LogP contribution in [0.25, 0.3) is 5.65 Å². The van der Waals surface area contributed by atoms with Gasteiger partial charge in [-0.15, -0.1) is 0 Å². The molecule has 0 spiro atoms. The van der Waals surface area contributed by atoms with Gasteiger partial charge in [-0.3, -0.25) is 9.78 Å². The van der Waals surface area contributed by atoms with E-state index >= 15 is 0 Å². The van der Waals surface area contributed by atoms with Crippen molar-refractivity contribution in [2.24, 2.45) is 11.0 Å². The normalized spacial score (nSPS) is 20.0. The quantitative estimate of drug-likeness (QED) is 0.683. The Hall–Kier alpha value is -3.36. The van der Waals surface area contributed by atoms with Crippen LogP contribution in [0.15, 0.2) is 48.1 Å². The van der Waals surface area contributed by atoms with E-state index in [1.165, 1.54) is 11.1 Å². The fourth-order valence-corrected chi connectivity index (χ4v) is 4.03. The standard InChI is InChI=1S/C20H20FN7O/c21-16-11-15(12-22-13-16)17-1-6-24-28(17)20(29)14-3-8-26(9-4-14)18-5-10-27-19(25-18)2-7-23-27/h2,5-7,10-14,17H,1,3-4,8-9H2/t17-/m0/s1. The third kappa shape index (κ3) is 3.32. The molecule has 0 aromatic carbocycles. The predicted molar refractivity (Wildman–Crippen MR) is 105 cm³/mol. The van der Waals surface area contributed by atoms with Crippen LogP contribution >= 0.6 is 0 Å². The fraction of sp³-hybridized carbons (Fsp3) is 0.350. The number of rotatable bonds is 3. The molecule has 2 aliphatic heterocycles. The molecule has 0 saturated carbocycles. The minimum Gasteiger partial charge on any atom is -0.356 e. The van der Waals surface area contributed by atoms with Crippen molar-refractivity contribution in [1.82, 2.24) is 24.6 Å². The number of pyridine rings is 1. The molecule has 8 nitrogen and oxygen atoms in total. The van der Waals surface area contributed by atoms with Crippen LogP contribution in [0.5, 0.6) is 0 Å². The SMILES string of the molecule is O=C(C1CCN(c2ccn3nccc3n2)CC1)N1N=CC[C@H]1c1cncc(F)c1. The lowest BCUT2D eigenvalue weighted by Gasteiger charge is -2.34. The number of fused-ring (bicyclic) bond motifs is 1. The molecule has 3 aromatic rings. The summed E-state index contributed by atoms with van der Waals surface area (Å²) in [6, 6.07) is 4.95. The van der Waals surface area contributed by atoms with Crippen molar-refractivity contribution < 1.29 is 9.18 Å². The molecule has 3 aromatic heterocycles. The molecule has 29 heavy (non-hydrogen) atoms. The monoisotopic (exact) mass is 393 g/mol. The maximum Gasteiger partial charge on any atom is 0.246 e. The first-order valence-corrected chi connectivity index (χ1v) is 9.70. The van der Waals surface area contributed by atoms with Gasteiger partial charge >= 0.3 is 0 Å². The molecule has 0 N–H and O–H groups in total. The number of piperidine rings is 1. The zero-order chi connectivity index (χ0) is 19.8. The summed E-state index contributed by atoms with van der Waals surface area (Å²) >= 11 is 0. The van der Waals surface area contributed by atoms with Crippen LogP contribution in [-0.4, -0.2) is 49.8 Å². The van der Waals surface area contributed by atoms with E-state index in [2.05, 4.69) is 25.1 Å². The average molecular weight is 393 g/mol. The van der Waals surface area contributed by atoms with Gasteiger partial charge in [0.25, 0.3) is 0 Å². The summed E-state index contributed by atoms with van der Waals surface area (Å²) in [5.41, 5.74) is 1.48. The molecule has 1 saturated heterocycles. The van der Waals surface area contributed by atoms with Crippen molar-refractivity contribution in [3.05, 3.63) is 54.4 Å². The van der Waals surface area contributed by atoms with Gasteiger partial charge in [-0.05, 0) is 30.5 Å². The highest BCUT2D eigenvalue weighted by molar-refractivity contribution is 5.82. The summed E-state index contributed by atoms with van der Waals surface area (Å²) in [6.07, 6.45) is 10.1. The molecule has 1 fully saturated rings. The summed E-state index contributed by atoms with van der Waals surface area (Å²) in [5.74, 6) is 0.376. The van der Waals surface area contributed by atoms with Crippen LogP contribution in [0.4, 0.5) is 10.2 Å². The number of hydrazone groups is 1. The van der Waals surface area contributed by atoms with Crippen LogP contribution in [0.2, 0.25) is 0 Å². The zero-order valence-corrected chi connectivity index (χ0v) is 15.7. The highest BCUT2D eigenvalue weighted by Crippen LogP contribution is 2.32. The topological polar surface area (TPSA) is 79.0 Å². The number of hydrogen-bond acceptors (Lipinski definition) is 6. The zero-order valence-electron chi connectivity index (χ0n) is 15.7. The molecule has 148 valence electrons. The third-order valence-electron chi connectivity index (χ3n) is 5.58. The second-order valence-electron chi connectivity index (χ2n) is 7.35. The smallest absolute Gasteiger partial charge is 0.246 e. The number of hydrogen-bond donors (Lipinski definition) is 0. The van der Waals surface area contributed by atoms with Crippen molar-refractivity contribution in [2.75, 3.05) is 18.0 Å². The lowest BCUT2D eigenvalue weighted by molar-refractivity contribution is -0.138. The van der Waals surface area contributed by atoms with Gasteiger partial charge in [0.05, 0.1) is 18.4 Å².